The Bertz CT molecular complexity index is 401. The molecule has 0 radical (unpaired) electrons. The maximum Gasteiger partial charge on any atom is 0.251 e. The topological polar surface area (TPSA) is 69.6 Å². The summed E-state index contributed by atoms with van der Waals surface area (Å²) in [4.78, 5) is 11.9. The number of hydrogen-bond donors (Lipinski definition) is 3. The quantitative estimate of drug-likeness (QED) is 0.739. The van der Waals surface area contributed by atoms with Crippen molar-refractivity contribution in [1.29, 1.82) is 0 Å². The van der Waals surface area contributed by atoms with E-state index in [-0.39, 0.29) is 34.4 Å². The van der Waals surface area contributed by atoms with Crippen LogP contribution in [0.15, 0.2) is 18.2 Å². The predicted molar refractivity (Wildman–Crippen MR) is 66.2 cm³/mol. The molecule has 1 aromatic carbocycles. The first-order valence-corrected chi connectivity index (χ1v) is 5.54. The van der Waals surface area contributed by atoms with Crippen molar-refractivity contribution in [2.24, 2.45) is 5.41 Å². The molecule has 0 aliphatic carbocycles. The van der Waals surface area contributed by atoms with Gasteiger partial charge in [0.15, 0.2) is 0 Å². The highest BCUT2D eigenvalue weighted by atomic mass is 16.3. The van der Waals surface area contributed by atoms with Crippen molar-refractivity contribution in [2.75, 3.05) is 0 Å². The monoisotopic (exact) mass is 237 g/mol. The number of phenolic OH excluding ortho intramolecular Hbond substituents is 2. The molecule has 1 atom stereocenters. The van der Waals surface area contributed by atoms with Gasteiger partial charge in [0.25, 0.3) is 5.91 Å². The number of phenols is 2. The summed E-state index contributed by atoms with van der Waals surface area (Å²) in [5, 5.41) is 21.4. The van der Waals surface area contributed by atoms with Gasteiger partial charge >= 0.3 is 0 Å². The molecule has 0 aromatic heterocycles. The summed E-state index contributed by atoms with van der Waals surface area (Å²) in [5.74, 6) is -0.559. The minimum atomic E-state index is -0.307. The fourth-order valence-electron chi connectivity index (χ4n) is 1.22. The molecule has 4 heteroatoms. The number of carbonyl (C=O) groups excluding carboxylic acids is 1. The van der Waals surface area contributed by atoms with Gasteiger partial charge in [0.1, 0.15) is 11.5 Å². The first-order valence-electron chi connectivity index (χ1n) is 5.54. The molecule has 17 heavy (non-hydrogen) atoms. The maximum atomic E-state index is 11.9. The zero-order chi connectivity index (χ0) is 13.2. The van der Waals surface area contributed by atoms with E-state index in [2.05, 4.69) is 5.32 Å². The van der Waals surface area contributed by atoms with Gasteiger partial charge in [-0.15, -0.1) is 0 Å². The van der Waals surface area contributed by atoms with Gasteiger partial charge in [-0.1, -0.05) is 20.8 Å². The van der Waals surface area contributed by atoms with E-state index >= 15 is 0 Å². The molecule has 0 saturated heterocycles. The van der Waals surface area contributed by atoms with Crippen LogP contribution in [0.2, 0.25) is 0 Å². The zero-order valence-corrected chi connectivity index (χ0v) is 10.6. The lowest BCUT2D eigenvalue weighted by molar-refractivity contribution is 0.0909. The third kappa shape index (κ3) is 3.66. The molecule has 0 fully saturated rings. The van der Waals surface area contributed by atoms with E-state index in [4.69, 9.17) is 0 Å². The summed E-state index contributed by atoms with van der Waals surface area (Å²) in [6.45, 7) is 7.99. The summed E-state index contributed by atoms with van der Waals surface area (Å²) in [6, 6.07) is 3.82. The normalized spacial score (nSPS) is 13.2. The lowest BCUT2D eigenvalue weighted by atomic mass is 9.88. The molecule has 0 spiro atoms. The van der Waals surface area contributed by atoms with Gasteiger partial charge in [0, 0.05) is 17.7 Å². The zero-order valence-electron chi connectivity index (χ0n) is 10.6. The molecular weight excluding hydrogens is 218 g/mol. The minimum Gasteiger partial charge on any atom is -0.508 e. The van der Waals surface area contributed by atoms with Crippen LogP contribution in [0.25, 0.3) is 0 Å². The number of carbonyl (C=O) groups is 1. The van der Waals surface area contributed by atoms with Gasteiger partial charge in [0.2, 0.25) is 0 Å². The fraction of sp³-hybridized carbons (Fsp3) is 0.462. The van der Waals surface area contributed by atoms with Gasteiger partial charge in [-0.2, -0.15) is 0 Å². The number of rotatable bonds is 2. The Morgan fingerprint density at radius 2 is 1.65 bits per heavy atom. The van der Waals surface area contributed by atoms with Crippen molar-refractivity contribution in [3.8, 4) is 11.5 Å². The molecule has 0 bridgehead atoms. The van der Waals surface area contributed by atoms with Crippen LogP contribution in [-0.4, -0.2) is 22.2 Å². The van der Waals surface area contributed by atoms with E-state index in [0.717, 1.165) is 0 Å². The molecule has 1 aromatic rings. The van der Waals surface area contributed by atoms with E-state index in [1.807, 2.05) is 27.7 Å². The standard InChI is InChI=1S/C13H19NO3/c1-8(13(2,3)4)14-12(17)9-5-10(15)7-11(16)6-9/h5-8,15-16H,1-4H3,(H,14,17). The van der Waals surface area contributed by atoms with Gasteiger partial charge in [0.05, 0.1) is 0 Å². The summed E-state index contributed by atoms with van der Waals surface area (Å²) < 4.78 is 0. The Labute approximate surface area is 101 Å². The third-order valence-electron chi connectivity index (χ3n) is 2.81. The first kappa shape index (κ1) is 13.4. The number of hydrogen-bond acceptors (Lipinski definition) is 3. The van der Waals surface area contributed by atoms with Crippen molar-refractivity contribution in [3.63, 3.8) is 0 Å². The molecule has 4 nitrogen and oxygen atoms in total. The van der Waals surface area contributed by atoms with Crippen LogP contribution in [0, 0.1) is 5.41 Å². The molecule has 0 aliphatic rings. The van der Waals surface area contributed by atoms with Gasteiger partial charge in [-0.3, -0.25) is 4.79 Å². The highest BCUT2D eigenvalue weighted by Gasteiger charge is 2.22. The largest absolute Gasteiger partial charge is 0.508 e. The Morgan fingerprint density at radius 3 is 2.06 bits per heavy atom. The Kier molecular flexibility index (Phi) is 3.66. The van der Waals surface area contributed by atoms with Crippen LogP contribution in [-0.2, 0) is 0 Å². The molecule has 1 rings (SSSR count). The van der Waals surface area contributed by atoms with E-state index in [1.165, 1.54) is 18.2 Å². The third-order valence-corrected chi connectivity index (χ3v) is 2.81. The van der Waals surface area contributed by atoms with Crippen LogP contribution in [0.3, 0.4) is 0 Å². The van der Waals surface area contributed by atoms with E-state index in [9.17, 15) is 15.0 Å². The number of amides is 1. The lowest BCUT2D eigenvalue weighted by Crippen LogP contribution is -2.41. The van der Waals surface area contributed by atoms with Crippen LogP contribution < -0.4 is 5.32 Å². The lowest BCUT2D eigenvalue weighted by Gasteiger charge is -2.28. The Hall–Kier alpha value is -1.71. The summed E-state index contributed by atoms with van der Waals surface area (Å²) in [6.07, 6.45) is 0. The molecule has 1 unspecified atom stereocenters. The van der Waals surface area contributed by atoms with Crippen molar-refractivity contribution >= 4 is 5.91 Å². The van der Waals surface area contributed by atoms with Gasteiger partial charge < -0.3 is 15.5 Å². The predicted octanol–water partition coefficient (Wildman–Crippen LogP) is 2.26. The summed E-state index contributed by atoms with van der Waals surface area (Å²) in [7, 11) is 0. The van der Waals surface area contributed by atoms with E-state index < -0.39 is 0 Å². The SMILES string of the molecule is CC(NC(=O)c1cc(O)cc(O)c1)C(C)(C)C. The molecular formula is C13H19NO3. The van der Waals surface area contributed by atoms with Crippen molar-refractivity contribution in [2.45, 2.75) is 33.7 Å². The second-order valence-electron chi connectivity index (χ2n) is 5.30. The average Bonchev–Trinajstić information content (AvgIpc) is 2.14. The average molecular weight is 237 g/mol. The summed E-state index contributed by atoms with van der Waals surface area (Å²) in [5.41, 5.74) is 0.202. The second kappa shape index (κ2) is 4.65. The highest BCUT2D eigenvalue weighted by Crippen LogP contribution is 2.22. The molecule has 0 saturated carbocycles. The molecule has 0 heterocycles. The Balaban J connectivity index is 2.84. The van der Waals surface area contributed by atoms with Gasteiger partial charge in [-0.05, 0) is 24.5 Å². The Morgan fingerprint density at radius 1 is 1.18 bits per heavy atom. The maximum absolute atomic E-state index is 11.9. The van der Waals surface area contributed by atoms with Crippen LogP contribution in [0.1, 0.15) is 38.1 Å². The molecule has 1 amide bonds. The molecule has 0 aliphatic heterocycles. The van der Waals surface area contributed by atoms with Crippen molar-refractivity contribution < 1.29 is 15.0 Å². The number of aromatic hydroxyl groups is 2. The second-order valence-corrected chi connectivity index (χ2v) is 5.30. The fourth-order valence-corrected chi connectivity index (χ4v) is 1.22. The van der Waals surface area contributed by atoms with Crippen molar-refractivity contribution in [1.82, 2.24) is 5.32 Å². The summed E-state index contributed by atoms with van der Waals surface area (Å²) >= 11 is 0. The smallest absolute Gasteiger partial charge is 0.251 e. The highest BCUT2D eigenvalue weighted by molar-refractivity contribution is 5.95. The molecule has 3 N–H and O–H groups in total. The van der Waals surface area contributed by atoms with Crippen LogP contribution in [0.5, 0.6) is 11.5 Å². The van der Waals surface area contributed by atoms with Crippen LogP contribution >= 0.6 is 0 Å². The van der Waals surface area contributed by atoms with E-state index in [0.29, 0.717) is 0 Å². The van der Waals surface area contributed by atoms with Crippen LogP contribution in [0.4, 0.5) is 0 Å². The van der Waals surface area contributed by atoms with Crippen molar-refractivity contribution in [3.05, 3.63) is 23.8 Å². The first-order chi connectivity index (χ1) is 7.70. The van der Waals surface area contributed by atoms with E-state index in [1.54, 1.807) is 0 Å². The molecule has 94 valence electrons. The van der Waals surface area contributed by atoms with Gasteiger partial charge in [-0.25, -0.2) is 0 Å². The number of nitrogens with one attached hydrogen (secondary N) is 1. The number of benzene rings is 1. The minimum absolute atomic E-state index is 0.0144.